The normalized spacial score (nSPS) is 16.2. The molecule has 8 heteroatoms. The second-order valence-corrected chi connectivity index (χ2v) is 7.51. The number of piperidine rings is 1. The Morgan fingerprint density at radius 2 is 1.94 bits per heavy atom. The molecule has 2 heterocycles. The van der Waals surface area contributed by atoms with Crippen LogP contribution in [0.4, 0.5) is 4.39 Å². The Balaban J connectivity index is 1.43. The van der Waals surface area contributed by atoms with Gasteiger partial charge < -0.3 is 18.9 Å². The van der Waals surface area contributed by atoms with Gasteiger partial charge in [-0.1, -0.05) is 11.2 Å². The number of rotatable bonds is 6. The maximum absolute atomic E-state index is 13.1. The van der Waals surface area contributed by atoms with E-state index in [1.165, 1.54) is 12.1 Å². The summed E-state index contributed by atoms with van der Waals surface area (Å²) < 4.78 is 29.1. The molecule has 162 valence electrons. The molecule has 1 aromatic heterocycles. The Morgan fingerprint density at radius 1 is 1.16 bits per heavy atom. The molecule has 3 aromatic rings. The molecule has 0 aliphatic carbocycles. The van der Waals surface area contributed by atoms with Crippen LogP contribution in [0.2, 0.25) is 0 Å². The molecule has 0 unspecified atom stereocenters. The minimum absolute atomic E-state index is 0.000974. The molecular weight excluding hydrogens is 401 g/mol. The molecule has 0 spiro atoms. The Bertz CT molecular complexity index is 1050. The number of ether oxygens (including phenoxy) is 2. The summed E-state index contributed by atoms with van der Waals surface area (Å²) in [4.78, 5) is 19.2. The summed E-state index contributed by atoms with van der Waals surface area (Å²) in [5, 5.41) is 4.11. The molecule has 1 amide bonds. The lowest BCUT2D eigenvalue weighted by atomic mass is 9.96. The molecule has 31 heavy (non-hydrogen) atoms. The van der Waals surface area contributed by atoms with Gasteiger partial charge in [0.25, 0.3) is 5.89 Å². The van der Waals surface area contributed by atoms with Crippen LogP contribution >= 0.6 is 0 Å². The van der Waals surface area contributed by atoms with E-state index in [2.05, 4.69) is 10.1 Å². The van der Waals surface area contributed by atoms with Crippen LogP contribution in [0.1, 0.15) is 30.1 Å². The maximum atomic E-state index is 13.1. The van der Waals surface area contributed by atoms with Gasteiger partial charge in [0, 0.05) is 24.6 Å². The van der Waals surface area contributed by atoms with Gasteiger partial charge in [0.2, 0.25) is 5.91 Å². The SMILES string of the molecule is COc1ccc(CC(=O)N2CCC[C@H](c3noc(-c4ccc(F)cc4)n3)C2)cc1OC. The van der Waals surface area contributed by atoms with E-state index in [9.17, 15) is 9.18 Å². The third-order valence-electron chi connectivity index (χ3n) is 5.48. The molecule has 1 fully saturated rings. The molecule has 1 saturated heterocycles. The highest BCUT2D eigenvalue weighted by Crippen LogP contribution is 2.30. The molecule has 0 saturated carbocycles. The van der Waals surface area contributed by atoms with Crippen molar-refractivity contribution in [3.05, 3.63) is 59.7 Å². The fourth-order valence-electron chi connectivity index (χ4n) is 3.80. The van der Waals surface area contributed by atoms with Crippen molar-refractivity contribution in [3.8, 4) is 23.0 Å². The van der Waals surface area contributed by atoms with Crippen molar-refractivity contribution in [2.24, 2.45) is 0 Å². The van der Waals surface area contributed by atoms with Crippen LogP contribution in [0.25, 0.3) is 11.5 Å². The molecule has 0 radical (unpaired) electrons. The van der Waals surface area contributed by atoms with E-state index in [0.29, 0.717) is 41.9 Å². The lowest BCUT2D eigenvalue weighted by Crippen LogP contribution is -2.40. The number of benzene rings is 2. The summed E-state index contributed by atoms with van der Waals surface area (Å²) in [6.07, 6.45) is 2.02. The molecule has 7 nitrogen and oxygen atoms in total. The van der Waals surface area contributed by atoms with Crippen molar-refractivity contribution in [3.63, 3.8) is 0 Å². The number of carbonyl (C=O) groups is 1. The van der Waals surface area contributed by atoms with Gasteiger partial charge in [-0.05, 0) is 54.8 Å². The second kappa shape index (κ2) is 9.16. The van der Waals surface area contributed by atoms with Gasteiger partial charge >= 0.3 is 0 Å². The number of likely N-dealkylation sites (tertiary alicyclic amines) is 1. The van der Waals surface area contributed by atoms with Gasteiger partial charge in [0.05, 0.1) is 20.6 Å². The first-order valence-electron chi connectivity index (χ1n) is 10.2. The molecular formula is C23H24FN3O4. The molecule has 1 aliphatic rings. The number of aromatic nitrogens is 2. The van der Waals surface area contributed by atoms with Crippen molar-refractivity contribution in [1.82, 2.24) is 15.0 Å². The molecule has 1 aliphatic heterocycles. The van der Waals surface area contributed by atoms with E-state index in [-0.39, 0.29) is 24.1 Å². The van der Waals surface area contributed by atoms with E-state index in [1.54, 1.807) is 32.4 Å². The second-order valence-electron chi connectivity index (χ2n) is 7.51. The van der Waals surface area contributed by atoms with E-state index < -0.39 is 0 Å². The zero-order chi connectivity index (χ0) is 21.8. The van der Waals surface area contributed by atoms with Gasteiger partial charge in [-0.3, -0.25) is 4.79 Å². The average Bonchev–Trinajstić information content (AvgIpc) is 3.30. The lowest BCUT2D eigenvalue weighted by molar-refractivity contribution is -0.131. The predicted octanol–water partition coefficient (Wildman–Crippen LogP) is 3.84. The molecule has 0 bridgehead atoms. The van der Waals surface area contributed by atoms with Crippen LogP contribution in [0.15, 0.2) is 47.0 Å². The van der Waals surface area contributed by atoms with Crippen molar-refractivity contribution in [2.45, 2.75) is 25.2 Å². The number of hydrogen-bond acceptors (Lipinski definition) is 6. The van der Waals surface area contributed by atoms with E-state index in [1.807, 2.05) is 17.0 Å². The monoisotopic (exact) mass is 425 g/mol. The first-order chi connectivity index (χ1) is 15.1. The maximum Gasteiger partial charge on any atom is 0.257 e. The predicted molar refractivity (Wildman–Crippen MR) is 111 cm³/mol. The summed E-state index contributed by atoms with van der Waals surface area (Å²) in [5.41, 5.74) is 1.53. The van der Waals surface area contributed by atoms with E-state index in [4.69, 9.17) is 14.0 Å². The van der Waals surface area contributed by atoms with Crippen LogP contribution in [-0.2, 0) is 11.2 Å². The van der Waals surface area contributed by atoms with Crippen LogP contribution in [0.5, 0.6) is 11.5 Å². The summed E-state index contributed by atoms with van der Waals surface area (Å²) in [6, 6.07) is 11.4. The molecule has 4 rings (SSSR count). The first kappa shape index (κ1) is 20.8. The van der Waals surface area contributed by atoms with Crippen molar-refractivity contribution < 1.29 is 23.2 Å². The zero-order valence-corrected chi connectivity index (χ0v) is 17.5. The third kappa shape index (κ3) is 4.68. The number of nitrogens with zero attached hydrogens (tertiary/aromatic N) is 3. The Labute approximate surface area is 179 Å². The van der Waals surface area contributed by atoms with Crippen molar-refractivity contribution in [1.29, 1.82) is 0 Å². The summed E-state index contributed by atoms with van der Waals surface area (Å²) in [5.74, 6) is 1.88. The van der Waals surface area contributed by atoms with Gasteiger partial charge in [-0.25, -0.2) is 4.39 Å². The Morgan fingerprint density at radius 3 is 2.68 bits per heavy atom. The smallest absolute Gasteiger partial charge is 0.257 e. The number of halogens is 1. The first-order valence-corrected chi connectivity index (χ1v) is 10.2. The van der Waals surface area contributed by atoms with Gasteiger partial charge in [0.1, 0.15) is 5.82 Å². The Kier molecular flexibility index (Phi) is 6.16. The average molecular weight is 425 g/mol. The zero-order valence-electron chi connectivity index (χ0n) is 17.5. The minimum atomic E-state index is -0.320. The number of amides is 1. The summed E-state index contributed by atoms with van der Waals surface area (Å²) in [7, 11) is 3.15. The van der Waals surface area contributed by atoms with Gasteiger partial charge in [-0.2, -0.15) is 4.98 Å². The number of hydrogen-bond donors (Lipinski definition) is 0. The molecule has 2 aromatic carbocycles. The van der Waals surface area contributed by atoms with Crippen LogP contribution < -0.4 is 9.47 Å². The topological polar surface area (TPSA) is 77.7 Å². The number of methoxy groups -OCH3 is 2. The van der Waals surface area contributed by atoms with Gasteiger partial charge in [0.15, 0.2) is 17.3 Å². The third-order valence-corrected chi connectivity index (χ3v) is 5.48. The van der Waals surface area contributed by atoms with Crippen molar-refractivity contribution >= 4 is 5.91 Å². The van der Waals surface area contributed by atoms with E-state index >= 15 is 0 Å². The number of carbonyl (C=O) groups excluding carboxylic acids is 1. The quantitative estimate of drug-likeness (QED) is 0.597. The highest BCUT2D eigenvalue weighted by molar-refractivity contribution is 5.79. The van der Waals surface area contributed by atoms with Crippen LogP contribution in [-0.4, -0.2) is 48.3 Å². The highest BCUT2D eigenvalue weighted by atomic mass is 19.1. The minimum Gasteiger partial charge on any atom is -0.493 e. The highest BCUT2D eigenvalue weighted by Gasteiger charge is 2.28. The Hall–Kier alpha value is -3.42. The fourth-order valence-corrected chi connectivity index (χ4v) is 3.80. The van der Waals surface area contributed by atoms with E-state index in [0.717, 1.165) is 18.4 Å². The summed E-state index contributed by atoms with van der Waals surface area (Å²) in [6.45, 7) is 1.24. The fraction of sp³-hybridized carbons (Fsp3) is 0.348. The lowest BCUT2D eigenvalue weighted by Gasteiger charge is -2.31. The molecule has 0 N–H and O–H groups in total. The van der Waals surface area contributed by atoms with Crippen LogP contribution in [0.3, 0.4) is 0 Å². The largest absolute Gasteiger partial charge is 0.493 e. The standard InChI is InChI=1S/C23H24FN3O4/c1-29-19-10-5-15(12-20(19)30-2)13-21(28)27-11-3-4-17(14-27)22-25-23(31-26-22)16-6-8-18(24)9-7-16/h5-10,12,17H,3-4,11,13-14H2,1-2H3/t17-/m0/s1. The van der Waals surface area contributed by atoms with Crippen LogP contribution in [0, 0.1) is 5.82 Å². The molecule has 1 atom stereocenters. The van der Waals surface area contributed by atoms with Gasteiger partial charge in [-0.15, -0.1) is 0 Å². The van der Waals surface area contributed by atoms with Crippen molar-refractivity contribution in [2.75, 3.05) is 27.3 Å². The summed E-state index contributed by atoms with van der Waals surface area (Å²) >= 11 is 0.